The van der Waals surface area contributed by atoms with Crippen molar-refractivity contribution in [3.05, 3.63) is 65.7 Å². The number of rotatable bonds is 16. The molecular formula is C26H36N4O5. The van der Waals surface area contributed by atoms with E-state index < -0.39 is 17.9 Å². The van der Waals surface area contributed by atoms with Gasteiger partial charge in [-0.05, 0) is 29.7 Å². The molecule has 0 saturated carbocycles. The first kappa shape index (κ1) is 27.8. The summed E-state index contributed by atoms with van der Waals surface area (Å²) in [5.74, 6) is -0.805. The van der Waals surface area contributed by atoms with Gasteiger partial charge in [0, 0.05) is 38.4 Å². The van der Waals surface area contributed by atoms with Gasteiger partial charge in [0.1, 0.15) is 18.4 Å². The molecule has 0 fully saturated rings. The number of hydrogen-bond donors (Lipinski definition) is 5. The molecule has 0 aliphatic carbocycles. The van der Waals surface area contributed by atoms with E-state index in [0.29, 0.717) is 44.8 Å². The summed E-state index contributed by atoms with van der Waals surface area (Å²) in [5, 5.41) is 17.4. The van der Waals surface area contributed by atoms with Gasteiger partial charge in [-0.3, -0.25) is 14.4 Å². The molecule has 0 aromatic heterocycles. The maximum absolute atomic E-state index is 12.8. The fraction of sp³-hybridized carbons (Fsp3) is 0.423. The van der Waals surface area contributed by atoms with Gasteiger partial charge in [-0.2, -0.15) is 0 Å². The van der Waals surface area contributed by atoms with E-state index in [4.69, 9.17) is 15.6 Å². The van der Waals surface area contributed by atoms with Crippen molar-refractivity contribution in [2.45, 2.75) is 38.8 Å². The molecule has 9 nitrogen and oxygen atoms in total. The van der Waals surface area contributed by atoms with Crippen molar-refractivity contribution in [2.24, 2.45) is 11.7 Å². The van der Waals surface area contributed by atoms with Gasteiger partial charge in [0.05, 0.1) is 6.61 Å². The lowest BCUT2D eigenvalue weighted by Crippen LogP contribution is -2.49. The van der Waals surface area contributed by atoms with Crippen LogP contribution in [-0.4, -0.2) is 55.1 Å². The maximum Gasteiger partial charge on any atom is 0.242 e. The van der Waals surface area contributed by atoms with E-state index in [0.717, 1.165) is 11.1 Å². The predicted molar refractivity (Wildman–Crippen MR) is 133 cm³/mol. The molecular weight excluding hydrogens is 448 g/mol. The number of aliphatic hydroxyl groups is 1. The summed E-state index contributed by atoms with van der Waals surface area (Å²) in [6.07, 6.45) is 0.707. The van der Waals surface area contributed by atoms with E-state index in [1.54, 1.807) is 6.92 Å². The van der Waals surface area contributed by atoms with Crippen LogP contribution in [0.15, 0.2) is 54.6 Å². The Bertz CT molecular complexity index is 921. The average molecular weight is 485 g/mol. The molecule has 2 aromatic rings. The lowest BCUT2D eigenvalue weighted by atomic mass is 10.0. The Labute approximate surface area is 206 Å². The number of hydrogen-bond acceptors (Lipinski definition) is 6. The van der Waals surface area contributed by atoms with Crippen molar-refractivity contribution < 1.29 is 24.2 Å². The Morgan fingerprint density at radius 3 is 2.34 bits per heavy atom. The Morgan fingerprint density at radius 2 is 1.69 bits per heavy atom. The van der Waals surface area contributed by atoms with Crippen LogP contribution in [0.5, 0.6) is 5.75 Å². The molecule has 2 unspecified atom stereocenters. The minimum absolute atomic E-state index is 0.0153. The van der Waals surface area contributed by atoms with Crippen LogP contribution in [0.2, 0.25) is 0 Å². The molecule has 0 saturated heterocycles. The molecule has 35 heavy (non-hydrogen) atoms. The first-order chi connectivity index (χ1) is 16.9. The van der Waals surface area contributed by atoms with Gasteiger partial charge >= 0.3 is 0 Å². The second-order valence-corrected chi connectivity index (χ2v) is 8.35. The van der Waals surface area contributed by atoms with Crippen molar-refractivity contribution in [1.82, 2.24) is 16.0 Å². The highest BCUT2D eigenvalue weighted by Gasteiger charge is 2.22. The summed E-state index contributed by atoms with van der Waals surface area (Å²) >= 11 is 0. The van der Waals surface area contributed by atoms with Gasteiger partial charge in [-0.1, -0.05) is 49.4 Å². The van der Waals surface area contributed by atoms with Crippen molar-refractivity contribution >= 4 is 17.7 Å². The molecule has 0 radical (unpaired) electrons. The standard InChI is InChI=1S/C26H36N4O5/c1-19(25(27)33)7-12-24(32)30-23(26(34)29-14-13-28-15-16-31)17-20-8-10-22(11-9-20)35-18-21-5-3-2-4-6-21/h2-6,8-11,19,23,28,31H,7,12-18H2,1H3,(H2,27,33)(H,29,34)(H,30,32). The number of amides is 3. The number of aliphatic hydroxyl groups excluding tert-OH is 1. The van der Waals surface area contributed by atoms with E-state index in [9.17, 15) is 14.4 Å². The predicted octanol–water partition coefficient (Wildman–Crippen LogP) is 0.893. The third-order valence-electron chi connectivity index (χ3n) is 5.44. The summed E-state index contributed by atoms with van der Waals surface area (Å²) in [6.45, 7) is 3.43. The molecule has 0 aliphatic heterocycles. The van der Waals surface area contributed by atoms with E-state index >= 15 is 0 Å². The summed E-state index contributed by atoms with van der Waals surface area (Å²) in [4.78, 5) is 36.5. The normalized spacial score (nSPS) is 12.4. The summed E-state index contributed by atoms with van der Waals surface area (Å²) in [6, 6.07) is 16.5. The van der Waals surface area contributed by atoms with Gasteiger partial charge in [-0.25, -0.2) is 0 Å². The van der Waals surface area contributed by atoms with Crippen molar-refractivity contribution in [1.29, 1.82) is 0 Å². The summed E-state index contributed by atoms with van der Waals surface area (Å²) in [7, 11) is 0. The maximum atomic E-state index is 12.8. The van der Waals surface area contributed by atoms with Crippen LogP contribution in [0.3, 0.4) is 0 Å². The summed E-state index contributed by atoms with van der Waals surface area (Å²) in [5.41, 5.74) is 7.19. The van der Waals surface area contributed by atoms with Gasteiger partial charge in [0.2, 0.25) is 17.7 Å². The molecule has 190 valence electrons. The molecule has 6 N–H and O–H groups in total. The van der Waals surface area contributed by atoms with Gasteiger partial charge in [0.15, 0.2) is 0 Å². The molecule has 0 spiro atoms. The fourth-order valence-electron chi connectivity index (χ4n) is 3.27. The molecule has 0 aliphatic rings. The number of primary amides is 1. The van der Waals surface area contributed by atoms with Crippen molar-refractivity contribution in [3.63, 3.8) is 0 Å². The third kappa shape index (κ3) is 11.0. The Morgan fingerprint density at radius 1 is 0.971 bits per heavy atom. The van der Waals surface area contributed by atoms with Crippen LogP contribution >= 0.6 is 0 Å². The molecule has 2 atom stereocenters. The first-order valence-electron chi connectivity index (χ1n) is 11.8. The van der Waals surface area contributed by atoms with E-state index in [1.807, 2.05) is 54.6 Å². The molecule has 0 heterocycles. The van der Waals surface area contributed by atoms with Crippen LogP contribution in [0.1, 0.15) is 30.9 Å². The Kier molecular flexibility index (Phi) is 12.3. The van der Waals surface area contributed by atoms with Crippen molar-refractivity contribution in [2.75, 3.05) is 26.2 Å². The van der Waals surface area contributed by atoms with Crippen LogP contribution in [0.25, 0.3) is 0 Å². The second kappa shape index (κ2) is 15.5. The minimum Gasteiger partial charge on any atom is -0.489 e. The number of ether oxygens (including phenoxy) is 1. The van der Waals surface area contributed by atoms with Crippen molar-refractivity contribution in [3.8, 4) is 5.75 Å². The van der Waals surface area contributed by atoms with Crippen LogP contribution in [0.4, 0.5) is 0 Å². The molecule has 2 aromatic carbocycles. The summed E-state index contributed by atoms with van der Waals surface area (Å²) < 4.78 is 5.81. The molecule has 2 rings (SSSR count). The lowest BCUT2D eigenvalue weighted by Gasteiger charge is -2.19. The van der Waals surface area contributed by atoms with E-state index in [1.165, 1.54) is 0 Å². The topological polar surface area (TPSA) is 143 Å². The number of benzene rings is 2. The molecule has 0 bridgehead atoms. The van der Waals surface area contributed by atoms with E-state index in [2.05, 4.69) is 16.0 Å². The minimum atomic E-state index is -0.777. The second-order valence-electron chi connectivity index (χ2n) is 8.35. The molecule has 9 heteroatoms. The SMILES string of the molecule is CC(CCC(=O)NC(Cc1ccc(OCc2ccccc2)cc1)C(=O)NCCNCCO)C(N)=O. The van der Waals surface area contributed by atoms with Gasteiger partial charge < -0.3 is 31.5 Å². The third-order valence-corrected chi connectivity index (χ3v) is 5.44. The zero-order chi connectivity index (χ0) is 25.5. The zero-order valence-electron chi connectivity index (χ0n) is 20.2. The quantitative estimate of drug-likeness (QED) is 0.224. The Balaban J connectivity index is 1.95. The first-order valence-corrected chi connectivity index (χ1v) is 11.8. The molecule has 3 amide bonds. The number of nitrogens with one attached hydrogen (secondary N) is 3. The van der Waals surface area contributed by atoms with Gasteiger partial charge in [0.25, 0.3) is 0 Å². The van der Waals surface area contributed by atoms with E-state index in [-0.39, 0.29) is 24.8 Å². The number of carbonyl (C=O) groups excluding carboxylic acids is 3. The van der Waals surface area contributed by atoms with Crippen LogP contribution in [-0.2, 0) is 27.4 Å². The fourth-order valence-corrected chi connectivity index (χ4v) is 3.27. The monoisotopic (exact) mass is 484 g/mol. The Hall–Kier alpha value is -3.43. The van der Waals surface area contributed by atoms with Crippen LogP contribution in [0, 0.1) is 5.92 Å². The largest absolute Gasteiger partial charge is 0.489 e. The smallest absolute Gasteiger partial charge is 0.242 e. The van der Waals surface area contributed by atoms with Crippen LogP contribution < -0.4 is 26.4 Å². The number of nitrogens with two attached hydrogens (primary N) is 1. The van der Waals surface area contributed by atoms with Gasteiger partial charge in [-0.15, -0.1) is 0 Å². The lowest BCUT2D eigenvalue weighted by molar-refractivity contribution is -0.129. The zero-order valence-corrected chi connectivity index (χ0v) is 20.2. The number of carbonyl (C=O) groups is 3. The highest BCUT2D eigenvalue weighted by molar-refractivity contribution is 5.88. The highest BCUT2D eigenvalue weighted by Crippen LogP contribution is 2.16. The highest BCUT2D eigenvalue weighted by atomic mass is 16.5. The average Bonchev–Trinajstić information content (AvgIpc) is 2.86.